The highest BCUT2D eigenvalue weighted by molar-refractivity contribution is 5.26. The number of aromatic nitrogens is 3. The van der Waals surface area contributed by atoms with E-state index in [2.05, 4.69) is 37.9 Å². The van der Waals surface area contributed by atoms with E-state index in [1.165, 1.54) is 0 Å². The van der Waals surface area contributed by atoms with E-state index in [0.29, 0.717) is 0 Å². The molecule has 0 spiro atoms. The van der Waals surface area contributed by atoms with Crippen molar-refractivity contribution < 1.29 is 4.57 Å². The second-order valence-electron chi connectivity index (χ2n) is 5.12. The fourth-order valence-corrected chi connectivity index (χ4v) is 1.57. The molecule has 0 radical (unpaired) electrons. The van der Waals surface area contributed by atoms with Gasteiger partial charge in [-0.25, -0.2) is 9.55 Å². The van der Waals surface area contributed by atoms with Gasteiger partial charge in [-0.1, -0.05) is 26.8 Å². The number of hydrogen-bond acceptors (Lipinski definition) is 1. The molecule has 0 atom stereocenters. The van der Waals surface area contributed by atoms with Crippen LogP contribution in [0.25, 0.3) is 5.82 Å². The summed E-state index contributed by atoms with van der Waals surface area (Å²) in [5.74, 6) is 0.966. The van der Waals surface area contributed by atoms with Gasteiger partial charge in [0.05, 0.1) is 12.7 Å². The predicted octanol–water partition coefficient (Wildman–Crippen LogP) is 1.99. The molecule has 0 aliphatic carbocycles. The van der Waals surface area contributed by atoms with Crippen molar-refractivity contribution in [2.75, 3.05) is 0 Å². The topological polar surface area (TPSA) is 21.7 Å². The molecule has 0 unspecified atom stereocenters. The van der Waals surface area contributed by atoms with Crippen molar-refractivity contribution in [3.63, 3.8) is 0 Å². The van der Waals surface area contributed by atoms with Gasteiger partial charge in [-0.15, -0.1) is 0 Å². The van der Waals surface area contributed by atoms with Gasteiger partial charge in [-0.2, -0.15) is 4.57 Å². The minimum Gasteiger partial charge on any atom is -0.239 e. The lowest BCUT2D eigenvalue weighted by molar-refractivity contribution is -0.670. The first-order valence-electron chi connectivity index (χ1n) is 5.48. The minimum atomic E-state index is 0.0886. The fourth-order valence-electron chi connectivity index (χ4n) is 1.57. The van der Waals surface area contributed by atoms with E-state index in [0.717, 1.165) is 11.5 Å². The summed E-state index contributed by atoms with van der Waals surface area (Å²) in [6.45, 7) is 6.53. The molecule has 0 aliphatic heterocycles. The van der Waals surface area contributed by atoms with E-state index in [-0.39, 0.29) is 5.41 Å². The maximum absolute atomic E-state index is 4.68. The molecule has 0 saturated carbocycles. The molecule has 0 fully saturated rings. The number of imidazole rings is 1. The highest BCUT2D eigenvalue weighted by Gasteiger charge is 2.17. The van der Waals surface area contributed by atoms with Crippen molar-refractivity contribution >= 4 is 0 Å². The third-order valence-electron chi connectivity index (χ3n) is 2.54. The maximum atomic E-state index is 4.68. The first-order chi connectivity index (χ1) is 7.47. The van der Waals surface area contributed by atoms with Crippen molar-refractivity contribution in [2.24, 2.45) is 7.05 Å². The summed E-state index contributed by atoms with van der Waals surface area (Å²) in [6, 6.07) is 6.16. The Morgan fingerprint density at radius 3 is 2.56 bits per heavy atom. The highest BCUT2D eigenvalue weighted by atomic mass is 15.1. The van der Waals surface area contributed by atoms with Crippen LogP contribution < -0.4 is 4.57 Å². The van der Waals surface area contributed by atoms with E-state index in [4.69, 9.17) is 0 Å². The Kier molecular flexibility index (Phi) is 2.54. The summed E-state index contributed by atoms with van der Waals surface area (Å²) in [5, 5.41) is 0. The van der Waals surface area contributed by atoms with Crippen LogP contribution in [0, 0.1) is 0 Å². The lowest BCUT2D eigenvalue weighted by atomic mass is 9.92. The van der Waals surface area contributed by atoms with Crippen molar-refractivity contribution in [3.8, 4) is 5.82 Å². The molecule has 0 aromatic carbocycles. The zero-order valence-electron chi connectivity index (χ0n) is 10.3. The number of hydrogen-bond donors (Lipinski definition) is 0. The van der Waals surface area contributed by atoms with Crippen molar-refractivity contribution in [1.82, 2.24) is 9.55 Å². The summed E-state index contributed by atoms with van der Waals surface area (Å²) in [5.41, 5.74) is 1.20. The molecule has 2 aromatic rings. The Labute approximate surface area is 96.4 Å². The van der Waals surface area contributed by atoms with Crippen LogP contribution in [-0.2, 0) is 12.5 Å². The van der Waals surface area contributed by atoms with Crippen LogP contribution in [-0.4, -0.2) is 9.55 Å². The van der Waals surface area contributed by atoms with Crippen LogP contribution in [0.3, 0.4) is 0 Å². The molecule has 16 heavy (non-hydrogen) atoms. The zero-order chi connectivity index (χ0) is 11.8. The van der Waals surface area contributed by atoms with Gasteiger partial charge in [0.1, 0.15) is 12.4 Å². The van der Waals surface area contributed by atoms with Crippen LogP contribution in [0.4, 0.5) is 0 Å². The number of pyridine rings is 1. The largest absolute Gasteiger partial charge is 0.250 e. The van der Waals surface area contributed by atoms with E-state index in [9.17, 15) is 0 Å². The quantitative estimate of drug-likeness (QED) is 0.668. The first-order valence-corrected chi connectivity index (χ1v) is 5.48. The van der Waals surface area contributed by atoms with E-state index < -0.39 is 0 Å². The Bertz CT molecular complexity index is 492. The Morgan fingerprint density at radius 1 is 1.25 bits per heavy atom. The van der Waals surface area contributed by atoms with Crippen molar-refractivity contribution in [2.45, 2.75) is 26.2 Å². The number of nitrogens with zero attached hydrogens (tertiary/aromatic N) is 3. The maximum Gasteiger partial charge on any atom is 0.250 e. The minimum absolute atomic E-state index is 0.0886. The lowest BCUT2D eigenvalue weighted by Gasteiger charge is -2.17. The van der Waals surface area contributed by atoms with E-state index in [1.807, 2.05) is 41.0 Å². The smallest absolute Gasteiger partial charge is 0.239 e. The number of rotatable bonds is 1. The molecule has 0 N–H and O–H groups in total. The van der Waals surface area contributed by atoms with Crippen LogP contribution in [0.15, 0.2) is 36.9 Å². The molecule has 2 heterocycles. The van der Waals surface area contributed by atoms with Gasteiger partial charge < -0.3 is 0 Å². The van der Waals surface area contributed by atoms with E-state index in [1.54, 1.807) is 0 Å². The standard InChI is InChI=1S/C13H18N3/c1-13(2,3)11-6-5-7-12(14-11)16-9-8-15(4)10-16/h5-10H,1-4H3/q+1. The second-order valence-corrected chi connectivity index (χ2v) is 5.12. The van der Waals surface area contributed by atoms with Gasteiger partial charge in [0.15, 0.2) is 0 Å². The summed E-state index contributed by atoms with van der Waals surface area (Å²) < 4.78 is 4.03. The van der Waals surface area contributed by atoms with Crippen LogP contribution in [0.5, 0.6) is 0 Å². The van der Waals surface area contributed by atoms with Gasteiger partial charge in [-0.05, 0) is 6.07 Å². The van der Waals surface area contributed by atoms with Crippen LogP contribution in [0.2, 0.25) is 0 Å². The first kappa shape index (κ1) is 10.9. The fraction of sp³-hybridized carbons (Fsp3) is 0.385. The molecule has 2 aromatic heterocycles. The molecule has 2 rings (SSSR count). The predicted molar refractivity (Wildman–Crippen MR) is 63.4 cm³/mol. The summed E-state index contributed by atoms with van der Waals surface area (Å²) >= 11 is 0. The third-order valence-corrected chi connectivity index (χ3v) is 2.54. The Balaban J connectivity index is 2.44. The van der Waals surface area contributed by atoms with Gasteiger partial charge in [0, 0.05) is 11.5 Å². The normalized spacial score (nSPS) is 11.8. The molecule has 84 valence electrons. The van der Waals surface area contributed by atoms with Gasteiger partial charge >= 0.3 is 0 Å². The average molecular weight is 216 g/mol. The molecule has 3 heteroatoms. The molecular weight excluding hydrogens is 198 g/mol. The lowest BCUT2D eigenvalue weighted by Crippen LogP contribution is -2.23. The SMILES string of the molecule is C[n+]1ccn(-c2cccc(C(C)(C)C)n2)c1. The zero-order valence-corrected chi connectivity index (χ0v) is 10.3. The molecule has 0 aliphatic rings. The summed E-state index contributed by atoms with van der Waals surface area (Å²) in [7, 11) is 2.00. The highest BCUT2D eigenvalue weighted by Crippen LogP contribution is 2.20. The van der Waals surface area contributed by atoms with Crippen molar-refractivity contribution in [1.29, 1.82) is 0 Å². The number of aryl methyl sites for hydroxylation is 1. The van der Waals surface area contributed by atoms with Gasteiger partial charge in [0.25, 0.3) is 0 Å². The van der Waals surface area contributed by atoms with Crippen LogP contribution in [0.1, 0.15) is 26.5 Å². The molecule has 0 saturated heterocycles. The molecular formula is C13H18N3+. The molecule has 0 amide bonds. The van der Waals surface area contributed by atoms with Crippen molar-refractivity contribution in [3.05, 3.63) is 42.6 Å². The average Bonchev–Trinajstić information content (AvgIpc) is 2.64. The Hall–Kier alpha value is -1.64. The molecule has 0 bridgehead atoms. The summed E-state index contributed by atoms with van der Waals surface area (Å²) in [4.78, 5) is 4.68. The Morgan fingerprint density at radius 2 is 2.00 bits per heavy atom. The third kappa shape index (κ3) is 2.13. The van der Waals surface area contributed by atoms with E-state index >= 15 is 0 Å². The summed E-state index contributed by atoms with van der Waals surface area (Å²) in [6.07, 6.45) is 6.02. The second kappa shape index (κ2) is 3.74. The van der Waals surface area contributed by atoms with Gasteiger partial charge in [-0.3, -0.25) is 0 Å². The van der Waals surface area contributed by atoms with Crippen LogP contribution >= 0.6 is 0 Å². The monoisotopic (exact) mass is 216 g/mol. The molecule has 3 nitrogen and oxygen atoms in total. The van der Waals surface area contributed by atoms with Gasteiger partial charge in [0.2, 0.25) is 12.1 Å².